The van der Waals surface area contributed by atoms with Crippen LogP contribution in [-0.4, -0.2) is 60.0 Å². The normalized spacial score (nSPS) is 28.0. The number of nitrogens with zero attached hydrogens (tertiary/aromatic N) is 4. The Hall–Kier alpha value is -0.940. The lowest BCUT2D eigenvalue weighted by atomic mass is 10.2. The first kappa shape index (κ1) is 17.9. The number of rotatable bonds is 4. The maximum Gasteiger partial charge on any atom is 0.255 e. The van der Waals surface area contributed by atoms with Gasteiger partial charge in [-0.3, -0.25) is 4.99 Å². The van der Waals surface area contributed by atoms with Crippen LogP contribution in [0.5, 0.6) is 0 Å². The highest BCUT2D eigenvalue weighted by molar-refractivity contribution is 14.0. The molecule has 0 unspecified atom stereocenters. The zero-order valence-corrected chi connectivity index (χ0v) is 15.9. The second kappa shape index (κ2) is 7.96. The molecule has 4 rings (SSSR count). The number of hydrogen-bond acceptors (Lipinski definition) is 6. The minimum Gasteiger partial charge on any atom is -0.378 e. The molecular weight excluding hydrogens is 425 g/mol. The van der Waals surface area contributed by atoms with E-state index in [-0.39, 0.29) is 36.2 Å². The molecule has 134 valence electrons. The molecule has 2 N–H and O–H groups in total. The van der Waals surface area contributed by atoms with Crippen LogP contribution in [0.2, 0.25) is 0 Å². The Bertz CT molecular complexity index is 571. The van der Waals surface area contributed by atoms with Crippen LogP contribution in [0.25, 0.3) is 0 Å². The summed E-state index contributed by atoms with van der Waals surface area (Å²) in [5.41, 5.74) is 6.04. The monoisotopic (exact) mass is 449 g/mol. The molecule has 2 aliphatic heterocycles. The minimum atomic E-state index is -0.0974. The molecule has 2 saturated heterocycles. The van der Waals surface area contributed by atoms with E-state index in [0.717, 1.165) is 31.8 Å². The smallest absolute Gasteiger partial charge is 0.255 e. The summed E-state index contributed by atoms with van der Waals surface area (Å²) in [6.07, 6.45) is 4.14. The van der Waals surface area contributed by atoms with Gasteiger partial charge in [0.25, 0.3) is 5.89 Å². The third-order valence-electron chi connectivity index (χ3n) is 4.57. The van der Waals surface area contributed by atoms with Gasteiger partial charge in [-0.1, -0.05) is 5.16 Å². The maximum atomic E-state index is 6.04. The quantitative estimate of drug-likeness (QED) is 0.422. The Kier molecular flexibility index (Phi) is 5.93. The molecule has 3 fully saturated rings. The van der Waals surface area contributed by atoms with Gasteiger partial charge in [0.1, 0.15) is 6.10 Å². The molecule has 8 nitrogen and oxygen atoms in total. The number of ether oxygens (including phenoxy) is 2. The third-order valence-corrected chi connectivity index (χ3v) is 4.57. The van der Waals surface area contributed by atoms with Crippen LogP contribution in [0.15, 0.2) is 9.52 Å². The highest BCUT2D eigenvalue weighted by atomic mass is 127. The molecule has 1 aliphatic carbocycles. The van der Waals surface area contributed by atoms with Crippen LogP contribution in [0.3, 0.4) is 0 Å². The summed E-state index contributed by atoms with van der Waals surface area (Å²) in [6.45, 7) is 3.59. The van der Waals surface area contributed by atoms with Crippen molar-refractivity contribution in [2.75, 3.05) is 32.8 Å². The van der Waals surface area contributed by atoms with Crippen LogP contribution in [-0.2, 0) is 9.47 Å². The van der Waals surface area contributed by atoms with Crippen molar-refractivity contribution in [3.8, 4) is 0 Å². The number of morpholine rings is 1. The highest BCUT2D eigenvalue weighted by Crippen LogP contribution is 2.39. The second-order valence-electron chi connectivity index (χ2n) is 6.39. The van der Waals surface area contributed by atoms with E-state index >= 15 is 0 Å². The largest absolute Gasteiger partial charge is 0.378 e. The number of aromatic nitrogens is 2. The van der Waals surface area contributed by atoms with Gasteiger partial charge in [-0.2, -0.15) is 4.98 Å². The van der Waals surface area contributed by atoms with Gasteiger partial charge < -0.3 is 24.6 Å². The summed E-state index contributed by atoms with van der Waals surface area (Å²) < 4.78 is 16.7. The molecule has 0 aromatic carbocycles. The highest BCUT2D eigenvalue weighted by Gasteiger charge is 2.34. The number of aliphatic imine (C=N–C) groups is 1. The fourth-order valence-corrected chi connectivity index (χ4v) is 2.99. The van der Waals surface area contributed by atoms with Crippen molar-refractivity contribution in [1.82, 2.24) is 15.0 Å². The van der Waals surface area contributed by atoms with Crippen LogP contribution in [0.1, 0.15) is 49.4 Å². The summed E-state index contributed by atoms with van der Waals surface area (Å²) in [5, 5.41) is 4.05. The van der Waals surface area contributed by atoms with E-state index in [1.165, 1.54) is 12.8 Å². The molecule has 0 radical (unpaired) electrons. The number of hydrogen-bond donors (Lipinski definition) is 1. The first-order chi connectivity index (χ1) is 11.3. The fraction of sp³-hybridized carbons (Fsp3) is 0.800. The van der Waals surface area contributed by atoms with E-state index < -0.39 is 0 Å². The van der Waals surface area contributed by atoms with Gasteiger partial charge in [0.15, 0.2) is 11.8 Å². The maximum absolute atomic E-state index is 6.04. The molecule has 0 amide bonds. The molecule has 1 saturated carbocycles. The van der Waals surface area contributed by atoms with Gasteiger partial charge in [-0.25, -0.2) is 0 Å². The molecule has 2 atom stereocenters. The lowest BCUT2D eigenvalue weighted by Crippen LogP contribution is -2.45. The van der Waals surface area contributed by atoms with Crippen molar-refractivity contribution >= 4 is 29.9 Å². The third kappa shape index (κ3) is 4.17. The van der Waals surface area contributed by atoms with E-state index in [2.05, 4.69) is 20.0 Å². The predicted molar refractivity (Wildman–Crippen MR) is 97.4 cm³/mol. The first-order valence-electron chi connectivity index (χ1n) is 8.41. The minimum absolute atomic E-state index is 0. The Labute approximate surface area is 158 Å². The van der Waals surface area contributed by atoms with E-state index in [1.807, 2.05) is 0 Å². The molecule has 0 bridgehead atoms. The van der Waals surface area contributed by atoms with Crippen molar-refractivity contribution in [1.29, 1.82) is 0 Å². The van der Waals surface area contributed by atoms with Crippen LogP contribution < -0.4 is 5.73 Å². The van der Waals surface area contributed by atoms with Crippen LogP contribution in [0, 0.1) is 0 Å². The fourth-order valence-electron chi connectivity index (χ4n) is 2.99. The topological polar surface area (TPSA) is 99.0 Å². The van der Waals surface area contributed by atoms with Crippen molar-refractivity contribution in [2.45, 2.75) is 43.8 Å². The zero-order chi connectivity index (χ0) is 15.6. The molecule has 1 aromatic rings. The number of nitrogens with two attached hydrogens (primary N) is 1. The molecular formula is C15H24IN5O3. The number of guanidine groups is 1. The van der Waals surface area contributed by atoms with Crippen LogP contribution >= 0.6 is 24.0 Å². The molecule has 9 heteroatoms. The second-order valence-corrected chi connectivity index (χ2v) is 6.39. The summed E-state index contributed by atoms with van der Waals surface area (Å²) in [7, 11) is 0. The summed E-state index contributed by atoms with van der Waals surface area (Å²) in [6, 6.07) is 0. The molecule has 1 aromatic heterocycles. The molecule has 0 spiro atoms. The standard InChI is InChI=1S/C15H23N5O3.HI/c16-15(20-5-7-21-8-6-20)17-9-11-3-4-12(22-11)14-18-13(19-23-14)10-1-2-10;/h10-12H,1-9H2,(H2,16,17);1H/t11-,12+;/m1./s1. The first-order valence-corrected chi connectivity index (χ1v) is 8.41. The van der Waals surface area contributed by atoms with Gasteiger partial charge in [-0.15, -0.1) is 24.0 Å². The summed E-state index contributed by atoms with van der Waals surface area (Å²) in [5.74, 6) is 2.53. The van der Waals surface area contributed by atoms with Crippen LogP contribution in [0.4, 0.5) is 0 Å². The average molecular weight is 449 g/mol. The zero-order valence-electron chi connectivity index (χ0n) is 13.6. The summed E-state index contributed by atoms with van der Waals surface area (Å²) >= 11 is 0. The lowest BCUT2D eigenvalue weighted by molar-refractivity contribution is 0.0305. The van der Waals surface area contributed by atoms with Crippen molar-refractivity contribution in [2.24, 2.45) is 10.7 Å². The van der Waals surface area contributed by atoms with Crippen molar-refractivity contribution in [3.63, 3.8) is 0 Å². The van der Waals surface area contributed by atoms with Gasteiger partial charge in [0.05, 0.1) is 25.9 Å². The molecule has 3 heterocycles. The molecule has 3 aliphatic rings. The van der Waals surface area contributed by atoms with Crippen molar-refractivity contribution < 1.29 is 14.0 Å². The van der Waals surface area contributed by atoms with E-state index in [0.29, 0.717) is 37.5 Å². The van der Waals surface area contributed by atoms with Crippen molar-refractivity contribution in [3.05, 3.63) is 11.7 Å². The average Bonchev–Trinajstić information content (AvgIpc) is 3.13. The van der Waals surface area contributed by atoms with E-state index in [1.54, 1.807) is 0 Å². The predicted octanol–water partition coefficient (Wildman–Crippen LogP) is 1.43. The number of halogens is 1. The Morgan fingerprint density at radius 1 is 1.21 bits per heavy atom. The summed E-state index contributed by atoms with van der Waals surface area (Å²) in [4.78, 5) is 11.0. The van der Waals surface area contributed by atoms with Gasteiger partial charge in [-0.05, 0) is 25.7 Å². The van der Waals surface area contributed by atoms with E-state index in [9.17, 15) is 0 Å². The molecule has 24 heavy (non-hydrogen) atoms. The lowest BCUT2D eigenvalue weighted by Gasteiger charge is -2.27. The SMILES string of the molecule is I.NC(=NC[C@H]1CC[C@@H](c2nc(C3CC3)no2)O1)N1CCOCC1. The van der Waals surface area contributed by atoms with Gasteiger partial charge in [0.2, 0.25) is 0 Å². The van der Waals surface area contributed by atoms with Gasteiger partial charge >= 0.3 is 0 Å². The van der Waals surface area contributed by atoms with Gasteiger partial charge in [0, 0.05) is 19.0 Å². The van der Waals surface area contributed by atoms with E-state index in [4.69, 9.17) is 19.7 Å². The Morgan fingerprint density at radius 2 is 2.00 bits per heavy atom. The Balaban J connectivity index is 0.00000169. The Morgan fingerprint density at radius 3 is 2.75 bits per heavy atom.